The van der Waals surface area contributed by atoms with Crippen molar-refractivity contribution in [2.45, 2.75) is 83.8 Å². The topological polar surface area (TPSA) is 58.6 Å². The van der Waals surface area contributed by atoms with Gasteiger partial charge in [0.2, 0.25) is 5.91 Å². The van der Waals surface area contributed by atoms with Crippen LogP contribution in [0, 0.1) is 0 Å². The Bertz CT molecular complexity index is 962. The summed E-state index contributed by atoms with van der Waals surface area (Å²) < 4.78 is 5.81. The van der Waals surface area contributed by atoms with Gasteiger partial charge in [0, 0.05) is 17.6 Å². The van der Waals surface area contributed by atoms with Gasteiger partial charge in [-0.2, -0.15) is 0 Å². The highest BCUT2D eigenvalue weighted by Gasteiger charge is 2.29. The van der Waals surface area contributed by atoms with Crippen molar-refractivity contribution in [2.75, 3.05) is 6.61 Å². The molecule has 0 bridgehead atoms. The normalized spacial score (nSPS) is 15.4. The van der Waals surface area contributed by atoms with Crippen LogP contribution >= 0.6 is 11.6 Å². The van der Waals surface area contributed by atoms with Gasteiger partial charge in [-0.05, 0) is 54.5 Å². The summed E-state index contributed by atoms with van der Waals surface area (Å²) in [7, 11) is 0. The Hall–Kier alpha value is -2.53. The molecule has 2 aromatic carbocycles. The maximum atomic E-state index is 13.3. The lowest BCUT2D eigenvalue weighted by molar-refractivity contribution is -0.142. The number of rotatable bonds is 8. The van der Waals surface area contributed by atoms with Crippen LogP contribution in [0.2, 0.25) is 5.02 Å². The summed E-state index contributed by atoms with van der Waals surface area (Å²) in [5.74, 6) is 0.228. The molecule has 2 amide bonds. The maximum Gasteiger partial charge on any atom is 0.261 e. The van der Waals surface area contributed by atoms with Gasteiger partial charge >= 0.3 is 0 Å². The van der Waals surface area contributed by atoms with E-state index in [1.54, 1.807) is 17.9 Å². The third-order valence-electron chi connectivity index (χ3n) is 6.50. The molecule has 1 unspecified atom stereocenters. The molecule has 34 heavy (non-hydrogen) atoms. The van der Waals surface area contributed by atoms with Gasteiger partial charge in [0.05, 0.1) is 0 Å². The molecule has 5 nitrogen and oxygen atoms in total. The molecule has 0 saturated heterocycles. The van der Waals surface area contributed by atoms with Crippen molar-refractivity contribution in [3.63, 3.8) is 0 Å². The Morgan fingerprint density at radius 3 is 2.32 bits per heavy atom. The van der Waals surface area contributed by atoms with Gasteiger partial charge in [0.1, 0.15) is 11.8 Å². The fraction of sp³-hybridized carbons (Fsp3) is 0.500. The van der Waals surface area contributed by atoms with Gasteiger partial charge in [-0.1, -0.05) is 82.0 Å². The van der Waals surface area contributed by atoms with E-state index in [-0.39, 0.29) is 36.4 Å². The third kappa shape index (κ3) is 7.23. The summed E-state index contributed by atoms with van der Waals surface area (Å²) in [6, 6.07) is 14.7. The van der Waals surface area contributed by atoms with Crippen LogP contribution in [0.5, 0.6) is 5.75 Å². The summed E-state index contributed by atoms with van der Waals surface area (Å²) in [5, 5.41) is 3.71. The fourth-order valence-corrected chi connectivity index (χ4v) is 4.44. The quantitative estimate of drug-likeness (QED) is 0.508. The van der Waals surface area contributed by atoms with Crippen LogP contribution in [0.4, 0.5) is 0 Å². The minimum absolute atomic E-state index is 0.0429. The average molecular weight is 485 g/mol. The summed E-state index contributed by atoms with van der Waals surface area (Å²) in [5.41, 5.74) is 2.03. The van der Waals surface area contributed by atoms with E-state index < -0.39 is 6.04 Å². The SMILES string of the molecule is CC(C(=O)NC1CCCCC1)N(Cc1ccccc1Cl)C(=O)COc1ccc(C(C)(C)C)cc1. The molecule has 1 aliphatic carbocycles. The first-order valence-electron chi connectivity index (χ1n) is 12.2. The third-order valence-corrected chi connectivity index (χ3v) is 6.87. The molecule has 0 aromatic heterocycles. The van der Waals surface area contributed by atoms with Gasteiger partial charge in [0.15, 0.2) is 6.61 Å². The molecule has 0 heterocycles. The molecule has 0 radical (unpaired) electrons. The first kappa shape index (κ1) is 26.1. The highest BCUT2D eigenvalue weighted by molar-refractivity contribution is 6.31. The first-order chi connectivity index (χ1) is 16.1. The molecule has 1 aliphatic rings. The predicted molar refractivity (Wildman–Crippen MR) is 137 cm³/mol. The lowest BCUT2D eigenvalue weighted by Crippen LogP contribution is -2.51. The van der Waals surface area contributed by atoms with Crippen molar-refractivity contribution in [1.29, 1.82) is 0 Å². The monoisotopic (exact) mass is 484 g/mol. The second-order valence-electron chi connectivity index (χ2n) is 10.2. The number of hydrogen-bond donors (Lipinski definition) is 1. The van der Waals surface area contributed by atoms with Crippen molar-refractivity contribution in [3.05, 3.63) is 64.7 Å². The number of nitrogens with one attached hydrogen (secondary N) is 1. The van der Waals surface area contributed by atoms with Crippen LogP contribution in [0.15, 0.2) is 48.5 Å². The van der Waals surface area contributed by atoms with E-state index in [1.807, 2.05) is 42.5 Å². The largest absolute Gasteiger partial charge is 0.484 e. The lowest BCUT2D eigenvalue weighted by atomic mass is 9.87. The minimum Gasteiger partial charge on any atom is -0.484 e. The van der Waals surface area contributed by atoms with E-state index in [0.717, 1.165) is 31.2 Å². The predicted octanol–water partition coefficient (Wildman–Crippen LogP) is 5.88. The zero-order chi connectivity index (χ0) is 24.7. The van der Waals surface area contributed by atoms with Gasteiger partial charge in [-0.15, -0.1) is 0 Å². The van der Waals surface area contributed by atoms with E-state index in [9.17, 15) is 9.59 Å². The molecule has 3 rings (SSSR count). The lowest BCUT2D eigenvalue weighted by Gasteiger charge is -2.31. The summed E-state index contributed by atoms with van der Waals surface area (Å²) in [4.78, 5) is 27.9. The smallest absolute Gasteiger partial charge is 0.261 e. The van der Waals surface area contributed by atoms with E-state index in [1.165, 1.54) is 12.0 Å². The average Bonchev–Trinajstić information content (AvgIpc) is 2.82. The summed E-state index contributed by atoms with van der Waals surface area (Å²) >= 11 is 6.37. The van der Waals surface area contributed by atoms with Gasteiger partial charge < -0.3 is 15.0 Å². The summed E-state index contributed by atoms with van der Waals surface area (Å²) in [6.07, 6.45) is 5.45. The molecule has 1 fully saturated rings. The zero-order valence-corrected chi connectivity index (χ0v) is 21.5. The van der Waals surface area contributed by atoms with Crippen molar-refractivity contribution in [2.24, 2.45) is 0 Å². The Morgan fingerprint density at radius 1 is 1.06 bits per heavy atom. The number of carbonyl (C=O) groups is 2. The molecule has 0 aliphatic heterocycles. The molecule has 1 atom stereocenters. The van der Waals surface area contributed by atoms with Crippen LogP contribution in [0.1, 0.15) is 70.9 Å². The van der Waals surface area contributed by atoms with Crippen LogP contribution in [-0.4, -0.2) is 35.4 Å². The highest BCUT2D eigenvalue weighted by Crippen LogP contribution is 2.25. The molecule has 1 N–H and O–H groups in total. The van der Waals surface area contributed by atoms with Crippen molar-refractivity contribution >= 4 is 23.4 Å². The second kappa shape index (κ2) is 11.7. The Kier molecular flexibility index (Phi) is 9.01. The first-order valence-corrected chi connectivity index (χ1v) is 12.6. The van der Waals surface area contributed by atoms with Crippen molar-refractivity contribution in [3.8, 4) is 5.75 Å². The Morgan fingerprint density at radius 2 is 1.71 bits per heavy atom. The van der Waals surface area contributed by atoms with Gasteiger partial charge in [-0.3, -0.25) is 9.59 Å². The number of carbonyl (C=O) groups excluding carboxylic acids is 2. The molecule has 2 aromatic rings. The Labute approximate surface area is 208 Å². The summed E-state index contributed by atoms with van der Waals surface area (Å²) in [6.45, 7) is 8.31. The standard InChI is InChI=1S/C28H37ClN2O3/c1-20(27(33)30-23-11-6-5-7-12-23)31(18-21-10-8-9-13-25(21)29)26(32)19-34-24-16-14-22(15-17-24)28(2,3)4/h8-10,13-17,20,23H,5-7,11-12,18-19H2,1-4H3,(H,30,33). The van der Waals surface area contributed by atoms with E-state index in [4.69, 9.17) is 16.3 Å². The molecule has 1 saturated carbocycles. The molecule has 184 valence electrons. The van der Waals surface area contributed by atoms with Crippen molar-refractivity contribution < 1.29 is 14.3 Å². The number of halogens is 1. The molecular weight excluding hydrogens is 448 g/mol. The van der Waals surface area contributed by atoms with Crippen LogP contribution in [-0.2, 0) is 21.5 Å². The fourth-order valence-electron chi connectivity index (χ4n) is 4.24. The number of amides is 2. The molecule has 0 spiro atoms. The maximum absolute atomic E-state index is 13.3. The van der Waals surface area contributed by atoms with E-state index in [2.05, 4.69) is 26.1 Å². The van der Waals surface area contributed by atoms with Gasteiger partial charge in [-0.25, -0.2) is 0 Å². The van der Waals surface area contributed by atoms with Crippen LogP contribution in [0.3, 0.4) is 0 Å². The Balaban J connectivity index is 1.70. The van der Waals surface area contributed by atoms with E-state index >= 15 is 0 Å². The van der Waals surface area contributed by atoms with Crippen molar-refractivity contribution in [1.82, 2.24) is 10.2 Å². The van der Waals surface area contributed by atoms with Crippen LogP contribution < -0.4 is 10.1 Å². The van der Waals surface area contributed by atoms with E-state index in [0.29, 0.717) is 10.8 Å². The minimum atomic E-state index is -0.641. The number of benzene rings is 2. The zero-order valence-electron chi connectivity index (χ0n) is 20.8. The van der Waals surface area contributed by atoms with Crippen LogP contribution in [0.25, 0.3) is 0 Å². The highest BCUT2D eigenvalue weighted by atomic mass is 35.5. The second-order valence-corrected chi connectivity index (χ2v) is 10.6. The molecule has 6 heteroatoms. The number of ether oxygens (including phenoxy) is 1. The number of nitrogens with zero attached hydrogens (tertiary/aromatic N) is 1. The molecular formula is C28H37ClN2O3. The van der Waals surface area contributed by atoms with Gasteiger partial charge in [0.25, 0.3) is 5.91 Å². The number of hydrogen-bond acceptors (Lipinski definition) is 3.